The highest BCUT2D eigenvalue weighted by molar-refractivity contribution is 5.18. The zero-order valence-corrected chi connectivity index (χ0v) is 13.2. The average Bonchev–Trinajstić information content (AvgIpc) is 3.26. The van der Waals surface area contributed by atoms with Gasteiger partial charge in [0.25, 0.3) is 0 Å². The van der Waals surface area contributed by atoms with Gasteiger partial charge in [-0.25, -0.2) is 0 Å². The van der Waals surface area contributed by atoms with Crippen LogP contribution in [0.1, 0.15) is 39.5 Å². The lowest BCUT2D eigenvalue weighted by Gasteiger charge is -2.35. The van der Waals surface area contributed by atoms with Crippen LogP contribution in [-0.2, 0) is 4.74 Å². The van der Waals surface area contributed by atoms with Gasteiger partial charge in [-0.15, -0.1) is 0 Å². The molecular weight excluding hydrogens is 250 g/mol. The average molecular weight is 279 g/mol. The third-order valence-electron chi connectivity index (χ3n) is 4.22. The van der Waals surface area contributed by atoms with E-state index in [0.717, 1.165) is 26.2 Å². The Kier molecular flexibility index (Phi) is 5.42. The van der Waals surface area contributed by atoms with Gasteiger partial charge in [0.2, 0.25) is 0 Å². The molecule has 1 unspecified atom stereocenters. The zero-order chi connectivity index (χ0) is 14.6. The van der Waals surface area contributed by atoms with Crippen LogP contribution in [0, 0.1) is 23.2 Å². The van der Waals surface area contributed by atoms with Crippen LogP contribution >= 0.6 is 0 Å². The van der Waals surface area contributed by atoms with E-state index in [0.29, 0.717) is 17.9 Å². The van der Waals surface area contributed by atoms with Gasteiger partial charge < -0.3 is 4.74 Å². The van der Waals surface area contributed by atoms with Crippen molar-refractivity contribution >= 4 is 0 Å². The molecule has 0 spiro atoms. The summed E-state index contributed by atoms with van der Waals surface area (Å²) in [5.41, 5.74) is -0.330. The van der Waals surface area contributed by atoms with Crippen molar-refractivity contribution in [3.63, 3.8) is 0 Å². The Morgan fingerprint density at radius 1 is 1.35 bits per heavy atom. The van der Waals surface area contributed by atoms with E-state index in [-0.39, 0.29) is 5.54 Å². The van der Waals surface area contributed by atoms with Crippen LogP contribution < -0.4 is 5.32 Å². The predicted octanol–water partition coefficient (Wildman–Crippen LogP) is 2.02. The van der Waals surface area contributed by atoms with Crippen molar-refractivity contribution in [2.45, 2.75) is 51.1 Å². The van der Waals surface area contributed by atoms with Crippen molar-refractivity contribution in [1.29, 1.82) is 5.26 Å². The summed E-state index contributed by atoms with van der Waals surface area (Å²) < 4.78 is 5.23. The van der Waals surface area contributed by atoms with Crippen LogP contribution in [0.4, 0.5) is 0 Å². The Morgan fingerprint density at radius 3 is 2.50 bits per heavy atom. The molecule has 0 aliphatic heterocycles. The van der Waals surface area contributed by atoms with Crippen LogP contribution in [0.25, 0.3) is 0 Å². The highest BCUT2D eigenvalue weighted by Gasteiger charge is 2.49. The predicted molar refractivity (Wildman–Crippen MR) is 80.4 cm³/mol. The van der Waals surface area contributed by atoms with Crippen molar-refractivity contribution in [3.05, 3.63) is 0 Å². The van der Waals surface area contributed by atoms with E-state index < -0.39 is 0 Å². The second kappa shape index (κ2) is 6.89. The molecule has 4 heteroatoms. The molecule has 20 heavy (non-hydrogen) atoms. The summed E-state index contributed by atoms with van der Waals surface area (Å²) in [6, 6.07) is 3.22. The maximum Gasteiger partial charge on any atom is 0.122 e. The molecular formula is C16H29N3O. The number of rotatable bonds is 10. The van der Waals surface area contributed by atoms with E-state index in [1.54, 1.807) is 7.11 Å². The quantitative estimate of drug-likeness (QED) is 0.664. The van der Waals surface area contributed by atoms with Crippen molar-refractivity contribution in [2.75, 3.05) is 33.4 Å². The van der Waals surface area contributed by atoms with Gasteiger partial charge in [0.05, 0.1) is 12.7 Å². The molecule has 0 aromatic heterocycles. The number of hydrogen-bond donors (Lipinski definition) is 1. The number of methoxy groups -OCH3 is 1. The minimum Gasteiger partial charge on any atom is -0.383 e. The lowest BCUT2D eigenvalue weighted by molar-refractivity contribution is 0.118. The molecule has 2 aliphatic rings. The molecule has 2 fully saturated rings. The highest BCUT2D eigenvalue weighted by Crippen LogP contribution is 2.41. The maximum absolute atomic E-state index is 9.80. The number of nitrogens with one attached hydrogen (secondary N) is 1. The maximum atomic E-state index is 9.80. The van der Waals surface area contributed by atoms with E-state index in [9.17, 15) is 5.26 Å². The summed E-state index contributed by atoms with van der Waals surface area (Å²) in [7, 11) is 1.74. The summed E-state index contributed by atoms with van der Waals surface area (Å²) in [6.45, 7) is 8.00. The largest absolute Gasteiger partial charge is 0.383 e. The van der Waals surface area contributed by atoms with E-state index in [1.165, 1.54) is 25.7 Å². The van der Waals surface area contributed by atoms with Crippen molar-refractivity contribution < 1.29 is 4.74 Å². The van der Waals surface area contributed by atoms with Gasteiger partial charge in [-0.3, -0.25) is 10.2 Å². The summed E-state index contributed by atoms with van der Waals surface area (Å²) >= 11 is 0. The smallest absolute Gasteiger partial charge is 0.122 e. The lowest BCUT2D eigenvalue weighted by Crippen LogP contribution is -2.56. The fourth-order valence-electron chi connectivity index (χ4n) is 2.94. The molecule has 2 aliphatic carbocycles. The second-order valence-corrected chi connectivity index (χ2v) is 6.90. The van der Waals surface area contributed by atoms with Gasteiger partial charge in [-0.1, -0.05) is 13.8 Å². The van der Waals surface area contributed by atoms with Crippen molar-refractivity contribution in [3.8, 4) is 6.07 Å². The van der Waals surface area contributed by atoms with Crippen molar-refractivity contribution in [2.24, 2.45) is 11.8 Å². The lowest BCUT2D eigenvalue weighted by atomic mass is 9.93. The SMILES string of the molecule is COCCN(CC(C)C)CC(C#N)(NC1CC1)C1CC1. The molecule has 4 nitrogen and oxygen atoms in total. The van der Waals surface area contributed by atoms with E-state index in [2.05, 4.69) is 30.1 Å². The van der Waals surface area contributed by atoms with Gasteiger partial charge in [0, 0.05) is 32.8 Å². The zero-order valence-electron chi connectivity index (χ0n) is 13.2. The van der Waals surface area contributed by atoms with Gasteiger partial charge >= 0.3 is 0 Å². The van der Waals surface area contributed by atoms with Gasteiger partial charge in [0.15, 0.2) is 0 Å². The van der Waals surface area contributed by atoms with Crippen LogP contribution in [0.5, 0.6) is 0 Å². The molecule has 114 valence electrons. The molecule has 0 heterocycles. The van der Waals surface area contributed by atoms with Gasteiger partial charge in [-0.2, -0.15) is 5.26 Å². The molecule has 0 bridgehead atoms. The van der Waals surface area contributed by atoms with Crippen LogP contribution in [-0.4, -0.2) is 49.8 Å². The summed E-state index contributed by atoms with van der Waals surface area (Å²) in [5, 5.41) is 13.5. The first-order valence-corrected chi connectivity index (χ1v) is 8.00. The first-order valence-electron chi connectivity index (χ1n) is 8.00. The minimum absolute atomic E-state index is 0.330. The molecule has 1 atom stereocenters. The van der Waals surface area contributed by atoms with E-state index in [1.807, 2.05) is 0 Å². The minimum atomic E-state index is -0.330. The summed E-state index contributed by atoms with van der Waals surface area (Å²) in [5.74, 6) is 1.16. The summed E-state index contributed by atoms with van der Waals surface area (Å²) in [6.07, 6.45) is 4.87. The van der Waals surface area contributed by atoms with E-state index >= 15 is 0 Å². The number of nitriles is 1. The van der Waals surface area contributed by atoms with Crippen molar-refractivity contribution in [1.82, 2.24) is 10.2 Å². The normalized spacial score (nSPS) is 22.0. The first-order chi connectivity index (χ1) is 9.59. The monoisotopic (exact) mass is 279 g/mol. The first kappa shape index (κ1) is 15.8. The third kappa shape index (κ3) is 4.44. The fraction of sp³-hybridized carbons (Fsp3) is 0.938. The number of ether oxygens (including phenoxy) is 1. The Labute approximate surface area is 123 Å². The Hall–Kier alpha value is -0.630. The molecule has 1 N–H and O–H groups in total. The fourth-order valence-corrected chi connectivity index (χ4v) is 2.94. The molecule has 0 aromatic rings. The highest BCUT2D eigenvalue weighted by atomic mass is 16.5. The number of hydrogen-bond acceptors (Lipinski definition) is 4. The topological polar surface area (TPSA) is 48.3 Å². The Balaban J connectivity index is 2.00. The molecule has 0 radical (unpaired) electrons. The number of nitrogens with zero attached hydrogens (tertiary/aromatic N) is 2. The van der Waals surface area contributed by atoms with Crippen LogP contribution in [0.15, 0.2) is 0 Å². The third-order valence-corrected chi connectivity index (χ3v) is 4.22. The van der Waals surface area contributed by atoms with Crippen LogP contribution in [0.2, 0.25) is 0 Å². The molecule has 0 aromatic carbocycles. The van der Waals surface area contributed by atoms with E-state index in [4.69, 9.17) is 4.74 Å². The van der Waals surface area contributed by atoms with Gasteiger partial charge in [-0.05, 0) is 37.5 Å². The van der Waals surface area contributed by atoms with Crippen LogP contribution in [0.3, 0.4) is 0 Å². The standard InChI is InChI=1S/C16H29N3O/c1-13(2)10-19(8-9-20-3)12-16(11-17,14-4-5-14)18-15-6-7-15/h13-15,18H,4-10,12H2,1-3H3. The Morgan fingerprint density at radius 2 is 2.05 bits per heavy atom. The Bertz CT molecular complexity index is 344. The van der Waals surface area contributed by atoms with Gasteiger partial charge in [0.1, 0.15) is 5.54 Å². The molecule has 0 saturated heterocycles. The second-order valence-electron chi connectivity index (χ2n) is 6.90. The molecule has 2 rings (SSSR count). The molecule has 2 saturated carbocycles. The molecule has 0 amide bonds. The summed E-state index contributed by atoms with van der Waals surface area (Å²) in [4.78, 5) is 2.41.